The lowest BCUT2D eigenvalue weighted by Gasteiger charge is -2.50. The van der Waals surface area contributed by atoms with Crippen molar-refractivity contribution >= 4 is 11.9 Å². The first-order valence-electron chi connectivity index (χ1n) is 22.4. The van der Waals surface area contributed by atoms with E-state index in [1.807, 2.05) is 0 Å². The highest BCUT2D eigenvalue weighted by Gasteiger charge is 2.59. The van der Waals surface area contributed by atoms with Crippen LogP contribution in [0.2, 0.25) is 0 Å². The summed E-state index contributed by atoms with van der Waals surface area (Å²) in [6.45, 7) is 1.30. The minimum Gasteiger partial charge on any atom is -0.479 e. The Morgan fingerprint density at radius 1 is 0.479 bits per heavy atom. The Kier molecular flexibility index (Phi) is 18.0. The number of carboxylic acids is 2. The van der Waals surface area contributed by atoms with Crippen LogP contribution in [0.1, 0.15) is 20.8 Å². The largest absolute Gasteiger partial charge is 0.479 e. The number of hydrogen-bond donors (Lipinski definition) is 17. The molecule has 0 amide bonds. The van der Waals surface area contributed by atoms with Gasteiger partial charge in [0.15, 0.2) is 43.8 Å². The summed E-state index contributed by atoms with van der Waals surface area (Å²) >= 11 is 0. The van der Waals surface area contributed by atoms with Crippen LogP contribution < -0.4 is 0 Å². The number of aliphatic hydroxyl groups is 15. The zero-order valence-corrected chi connectivity index (χ0v) is 37.7. The van der Waals surface area contributed by atoms with E-state index in [9.17, 15) is 96.4 Å². The molecule has 0 spiro atoms. The first kappa shape index (κ1) is 56.5. The monoisotopic (exact) mass is 1040 g/mol. The van der Waals surface area contributed by atoms with E-state index in [4.69, 9.17) is 61.6 Å². The van der Waals surface area contributed by atoms with Gasteiger partial charge in [0.2, 0.25) is 0 Å². The number of ether oxygens (including phenoxy) is 13. The number of hydrogen-bond acceptors (Lipinski definition) is 30. The minimum absolute atomic E-state index is 0.529. The number of aliphatic carboxylic acids is 2. The molecule has 0 aromatic rings. The lowest BCUT2D eigenvalue weighted by Crippen LogP contribution is -2.69. The molecule has 17 N–H and O–H groups in total. The van der Waals surface area contributed by atoms with Crippen molar-refractivity contribution in [2.45, 2.75) is 211 Å². The maximum absolute atomic E-state index is 12.5. The van der Waals surface area contributed by atoms with Crippen LogP contribution in [0.5, 0.6) is 0 Å². The van der Waals surface area contributed by atoms with E-state index in [1.54, 1.807) is 0 Å². The minimum atomic E-state index is -2.31. The molecule has 7 rings (SSSR count). The number of fused-ring (bicyclic) bond motifs is 1. The van der Waals surface area contributed by atoms with Crippen LogP contribution in [0.15, 0.2) is 0 Å². The molecule has 7 heterocycles. The van der Waals surface area contributed by atoms with Crippen LogP contribution in [0, 0.1) is 0 Å². The molecule has 0 saturated carbocycles. The maximum Gasteiger partial charge on any atom is 0.364 e. The molecule has 0 aromatic carbocycles. The molecule has 410 valence electrons. The smallest absolute Gasteiger partial charge is 0.364 e. The summed E-state index contributed by atoms with van der Waals surface area (Å²) in [7, 11) is 0. The Labute approximate surface area is 400 Å². The average molecular weight is 1040 g/mol. The molecular weight excluding hydrogens is 980 g/mol. The van der Waals surface area contributed by atoms with Crippen molar-refractivity contribution in [3.8, 4) is 0 Å². The second kappa shape index (κ2) is 22.6. The number of carboxylic acid groups (broad SMARTS) is 2. The molecule has 7 fully saturated rings. The third-order valence-corrected chi connectivity index (χ3v) is 13.4. The van der Waals surface area contributed by atoms with E-state index >= 15 is 0 Å². The first-order chi connectivity index (χ1) is 33.3. The summed E-state index contributed by atoms with van der Waals surface area (Å²) in [5.74, 6) is -5.67. The molecule has 7 aliphatic rings. The molecule has 0 bridgehead atoms. The van der Waals surface area contributed by atoms with Crippen molar-refractivity contribution in [1.82, 2.24) is 0 Å². The number of aliphatic hydroxyl groups excluding tert-OH is 15. The summed E-state index contributed by atoms with van der Waals surface area (Å²) in [4.78, 5) is 24.2. The summed E-state index contributed by atoms with van der Waals surface area (Å²) in [5, 5.41) is 182. The molecule has 0 radical (unpaired) electrons. The van der Waals surface area contributed by atoms with Crippen LogP contribution in [-0.2, 0) is 71.2 Å². The van der Waals surface area contributed by atoms with Crippen molar-refractivity contribution in [3.05, 3.63) is 0 Å². The molecule has 0 unspecified atom stereocenters. The fourth-order valence-corrected chi connectivity index (χ4v) is 9.15. The zero-order valence-electron chi connectivity index (χ0n) is 37.7. The van der Waals surface area contributed by atoms with Gasteiger partial charge < -0.3 is 148 Å². The van der Waals surface area contributed by atoms with Crippen LogP contribution >= 0.6 is 0 Å². The topological polar surface area (TPSA) is 498 Å². The molecule has 7 aliphatic heterocycles. The van der Waals surface area contributed by atoms with Crippen LogP contribution in [0.4, 0.5) is 0 Å². The molecule has 0 aliphatic carbocycles. The Hall–Kier alpha value is -2.18. The summed E-state index contributed by atoms with van der Waals surface area (Å²) in [6, 6.07) is 0. The Balaban J connectivity index is 1.00. The highest BCUT2D eigenvalue weighted by atomic mass is 16.8. The molecular formula is C39H62O32. The quantitative estimate of drug-likeness (QED) is 0.0768. The predicted molar refractivity (Wildman–Crippen MR) is 211 cm³/mol. The fourth-order valence-electron chi connectivity index (χ4n) is 9.15. The van der Waals surface area contributed by atoms with Gasteiger partial charge in [0.25, 0.3) is 5.79 Å². The molecule has 0 aromatic heterocycles. The van der Waals surface area contributed by atoms with Gasteiger partial charge in [0.05, 0.1) is 32.0 Å². The number of carbonyl (C=O) groups is 2. The second-order valence-corrected chi connectivity index (χ2v) is 18.2. The van der Waals surface area contributed by atoms with Crippen LogP contribution in [0.25, 0.3) is 0 Å². The van der Waals surface area contributed by atoms with Gasteiger partial charge >= 0.3 is 11.9 Å². The van der Waals surface area contributed by atoms with Gasteiger partial charge in [-0.2, -0.15) is 0 Å². The van der Waals surface area contributed by atoms with E-state index in [2.05, 4.69) is 0 Å². The van der Waals surface area contributed by atoms with Crippen molar-refractivity contribution in [3.63, 3.8) is 0 Å². The van der Waals surface area contributed by atoms with E-state index < -0.39 is 222 Å². The Morgan fingerprint density at radius 2 is 0.915 bits per heavy atom. The SMILES string of the molecule is C[C@@H]1O[C@@H](O[C@H]2[C@@H](O)[C@H](O)[C@H](O[C@@H]3[C@@H](O)[C@H](O)O[C@H](CO)[C@H]3O)O[C@H]2C)[C@@H](O)[C@H](O[C@H]2O[C@H](CO)[C@H](O)[C@H](O[C@@H]3O[C@H](C(=O)O)[C@@H](O[C@H]4O[C@@H]5CO[C@@](C)(C(=O)O)O[C@@H]5[C@H](O)[C@H]4O)[C@H](O)[C@H]3O)[C@H]2O)[C@@H]1O. The standard InChI is InChI=1S/C39H62O32/c1-7-12(42)26(22(52)36(60-7)65-24-8(2)61-33(18(48)15(24)45)67-27-13(43)9(4-40)62-32(56)21(27)51)66-37-23(53)28(14(44)10(5-41)63-37)68-35-20(50)17(47)29(30(70-35)31(54)55)69-34-19(49)16(46)25-11(64-34)6-59-39(3,71-25)38(57)58/h7-30,32-37,40-53,56H,4-6H2,1-3H3,(H,54,55)(H,57,58)/t7-,8-,9+,10+,11+,12+,13+,14-,15-,16+,17+,18-,19+,20+,21+,22-,23+,24+,25-,26+,27-,28-,29-,30-,32+,33-,34+,35+,36-,37+,39+/m0/s1. The summed E-state index contributed by atoms with van der Waals surface area (Å²) in [6.07, 6.45) is -56.4. The van der Waals surface area contributed by atoms with Gasteiger partial charge in [-0.25, -0.2) is 9.59 Å². The molecule has 32 heteroatoms. The normalized spacial score (nSPS) is 53.9. The van der Waals surface area contributed by atoms with Gasteiger partial charge in [-0.1, -0.05) is 0 Å². The van der Waals surface area contributed by atoms with Crippen LogP contribution in [0.3, 0.4) is 0 Å². The molecule has 71 heavy (non-hydrogen) atoms. The van der Waals surface area contributed by atoms with Crippen molar-refractivity contribution in [1.29, 1.82) is 0 Å². The highest BCUT2D eigenvalue weighted by molar-refractivity contribution is 5.75. The lowest BCUT2D eigenvalue weighted by molar-refractivity contribution is -0.402. The summed E-state index contributed by atoms with van der Waals surface area (Å²) in [5.41, 5.74) is 0. The highest BCUT2D eigenvalue weighted by Crippen LogP contribution is 2.38. The number of rotatable bonds is 14. The fraction of sp³-hybridized carbons (Fsp3) is 0.949. The lowest BCUT2D eigenvalue weighted by atomic mass is 9.95. The zero-order chi connectivity index (χ0) is 52.3. The molecule has 32 nitrogen and oxygen atoms in total. The van der Waals surface area contributed by atoms with Crippen molar-refractivity contribution in [2.24, 2.45) is 0 Å². The van der Waals surface area contributed by atoms with Gasteiger partial charge in [0, 0.05) is 6.92 Å². The first-order valence-corrected chi connectivity index (χ1v) is 22.4. The van der Waals surface area contributed by atoms with E-state index in [1.165, 1.54) is 13.8 Å². The predicted octanol–water partition coefficient (Wildman–Crippen LogP) is -11.1. The maximum atomic E-state index is 12.5. The Morgan fingerprint density at radius 3 is 1.48 bits per heavy atom. The third kappa shape index (κ3) is 11.1. The molecule has 31 atom stereocenters. The Bertz CT molecular complexity index is 1790. The molecule has 7 saturated heterocycles. The van der Waals surface area contributed by atoms with E-state index in [0.29, 0.717) is 0 Å². The van der Waals surface area contributed by atoms with Gasteiger partial charge in [-0.3, -0.25) is 0 Å². The second-order valence-electron chi connectivity index (χ2n) is 18.2. The third-order valence-electron chi connectivity index (χ3n) is 13.4. The van der Waals surface area contributed by atoms with Crippen molar-refractivity contribution < 1.29 is 158 Å². The van der Waals surface area contributed by atoms with Gasteiger partial charge in [0.1, 0.15) is 128 Å². The average Bonchev–Trinajstić information content (AvgIpc) is 3.32. The van der Waals surface area contributed by atoms with E-state index in [-0.39, 0.29) is 0 Å². The van der Waals surface area contributed by atoms with Gasteiger partial charge in [-0.05, 0) is 13.8 Å². The van der Waals surface area contributed by atoms with Crippen LogP contribution in [-0.4, -0.2) is 309 Å². The van der Waals surface area contributed by atoms with E-state index in [0.717, 1.165) is 6.92 Å². The van der Waals surface area contributed by atoms with Gasteiger partial charge in [-0.15, -0.1) is 0 Å². The van der Waals surface area contributed by atoms with Crippen molar-refractivity contribution in [2.75, 3.05) is 19.8 Å². The summed E-state index contributed by atoms with van der Waals surface area (Å²) < 4.78 is 71.6.